The lowest BCUT2D eigenvalue weighted by Gasteiger charge is -2.39. The van der Waals surface area contributed by atoms with Gasteiger partial charge in [-0.1, -0.05) is 19.1 Å². The van der Waals surface area contributed by atoms with E-state index in [0.29, 0.717) is 13.2 Å². The van der Waals surface area contributed by atoms with E-state index in [1.165, 1.54) is 4.90 Å². The first kappa shape index (κ1) is 11.7. The van der Waals surface area contributed by atoms with Crippen LogP contribution in [0.4, 0.5) is 0 Å². The molecule has 1 fully saturated rings. The van der Waals surface area contributed by atoms with Gasteiger partial charge in [0.25, 0.3) is 0 Å². The van der Waals surface area contributed by atoms with E-state index in [0.717, 1.165) is 11.3 Å². The molecule has 0 bridgehead atoms. The van der Waals surface area contributed by atoms with Crippen molar-refractivity contribution in [3.8, 4) is 0 Å². The molecule has 0 aromatic heterocycles. The van der Waals surface area contributed by atoms with Gasteiger partial charge < -0.3 is 4.74 Å². The predicted octanol–water partition coefficient (Wildman–Crippen LogP) is 2.66. The number of Topliss-reactive ketones (excluding diaryl/α,β-unsaturated/α-hetero) is 1. The molecule has 1 saturated heterocycles. The van der Waals surface area contributed by atoms with Gasteiger partial charge in [0.2, 0.25) is 0 Å². The van der Waals surface area contributed by atoms with Crippen LogP contribution in [-0.4, -0.2) is 24.7 Å². The summed E-state index contributed by atoms with van der Waals surface area (Å²) in [5.74, 6) is 1.27. The highest BCUT2D eigenvalue weighted by Crippen LogP contribution is 2.34. The molecular weight excluding hydrogens is 220 g/mol. The summed E-state index contributed by atoms with van der Waals surface area (Å²) >= 11 is 1.81. The van der Waals surface area contributed by atoms with Gasteiger partial charge in [-0.25, -0.2) is 0 Å². The third kappa shape index (κ3) is 1.89. The normalized spacial score (nSPS) is 17.9. The summed E-state index contributed by atoms with van der Waals surface area (Å²) in [6.07, 6.45) is 0. The predicted molar refractivity (Wildman–Crippen MR) is 66.0 cm³/mol. The summed E-state index contributed by atoms with van der Waals surface area (Å²) in [5, 5.41) is 0. The maximum atomic E-state index is 11.7. The van der Waals surface area contributed by atoms with E-state index < -0.39 is 0 Å². The van der Waals surface area contributed by atoms with Crippen LogP contribution in [0.2, 0.25) is 0 Å². The minimum absolute atomic E-state index is 0.203. The highest BCUT2D eigenvalue weighted by atomic mass is 32.2. The molecule has 0 saturated carbocycles. The van der Waals surface area contributed by atoms with Crippen LogP contribution in [0.5, 0.6) is 0 Å². The van der Waals surface area contributed by atoms with Gasteiger partial charge in [-0.15, -0.1) is 11.8 Å². The Hall–Kier alpha value is -0.800. The van der Waals surface area contributed by atoms with Crippen LogP contribution in [0.25, 0.3) is 0 Å². The number of benzene rings is 1. The molecule has 86 valence electrons. The number of hydrogen-bond acceptors (Lipinski definition) is 3. The summed E-state index contributed by atoms with van der Waals surface area (Å²) in [6, 6.07) is 8.29. The first-order valence-corrected chi connectivity index (χ1v) is 6.50. The number of rotatable bonds is 4. The Morgan fingerprint density at radius 1 is 1.38 bits per heavy atom. The monoisotopic (exact) mass is 236 g/mol. The molecule has 0 aliphatic carbocycles. The maximum Gasteiger partial charge on any atom is 0.145 e. The summed E-state index contributed by atoms with van der Waals surface area (Å²) < 4.78 is 5.21. The number of ketones is 1. The second-order valence-electron chi connectivity index (χ2n) is 4.09. The maximum absolute atomic E-state index is 11.7. The van der Waals surface area contributed by atoms with Crippen molar-refractivity contribution >= 4 is 17.5 Å². The Labute approximate surface area is 100 Å². The number of carbonyl (C=O) groups is 1. The van der Waals surface area contributed by atoms with Gasteiger partial charge in [-0.2, -0.15) is 0 Å². The molecule has 16 heavy (non-hydrogen) atoms. The average Bonchev–Trinajstić information content (AvgIpc) is 2.18. The van der Waals surface area contributed by atoms with Gasteiger partial charge in [0.05, 0.1) is 13.2 Å². The topological polar surface area (TPSA) is 26.3 Å². The van der Waals surface area contributed by atoms with E-state index in [9.17, 15) is 4.79 Å². The summed E-state index contributed by atoms with van der Waals surface area (Å²) in [5.41, 5.74) is 0.724. The molecule has 0 radical (unpaired) electrons. The molecule has 1 aromatic carbocycles. The molecule has 0 spiro atoms. The molecule has 1 aliphatic rings. The molecule has 1 aromatic rings. The van der Waals surface area contributed by atoms with Gasteiger partial charge in [0.1, 0.15) is 11.2 Å². The van der Waals surface area contributed by atoms with Crippen LogP contribution >= 0.6 is 11.8 Å². The number of ether oxygens (including phenoxy) is 1. The quantitative estimate of drug-likeness (QED) is 0.752. The second kappa shape index (κ2) is 4.60. The van der Waals surface area contributed by atoms with E-state index in [2.05, 4.69) is 31.2 Å². The highest BCUT2D eigenvalue weighted by Gasteiger charge is 2.44. The molecule has 2 rings (SSSR count). The molecule has 0 unspecified atom stereocenters. The van der Waals surface area contributed by atoms with Gasteiger partial charge >= 0.3 is 0 Å². The molecular formula is C13H16O2S. The first-order valence-electron chi connectivity index (χ1n) is 5.51. The van der Waals surface area contributed by atoms with Gasteiger partial charge in [-0.05, 0) is 30.4 Å². The Morgan fingerprint density at radius 3 is 2.38 bits per heavy atom. The van der Waals surface area contributed by atoms with Gasteiger partial charge in [0.15, 0.2) is 0 Å². The lowest BCUT2D eigenvalue weighted by molar-refractivity contribution is -0.140. The van der Waals surface area contributed by atoms with Crippen LogP contribution in [0, 0.1) is 0 Å². The fourth-order valence-corrected chi connectivity index (χ4v) is 2.58. The van der Waals surface area contributed by atoms with Gasteiger partial charge in [0, 0.05) is 4.90 Å². The summed E-state index contributed by atoms with van der Waals surface area (Å²) in [7, 11) is 0. The number of hydrogen-bond donors (Lipinski definition) is 0. The second-order valence-corrected chi connectivity index (χ2v) is 5.43. The highest BCUT2D eigenvalue weighted by molar-refractivity contribution is 7.99. The zero-order valence-electron chi connectivity index (χ0n) is 9.66. The summed E-state index contributed by atoms with van der Waals surface area (Å²) in [4.78, 5) is 12.9. The first-order chi connectivity index (χ1) is 7.69. The van der Waals surface area contributed by atoms with Crippen LogP contribution < -0.4 is 0 Å². The molecule has 0 atom stereocenters. The SMILES string of the molecule is CCSc1ccc(C2(C(C)=O)COC2)cc1. The Kier molecular flexibility index (Phi) is 3.36. The van der Waals surface area contributed by atoms with Crippen molar-refractivity contribution in [1.82, 2.24) is 0 Å². The minimum atomic E-state index is -0.366. The van der Waals surface area contributed by atoms with Crippen molar-refractivity contribution in [1.29, 1.82) is 0 Å². The summed E-state index contributed by atoms with van der Waals surface area (Å²) in [6.45, 7) is 4.85. The van der Waals surface area contributed by atoms with E-state index in [1.54, 1.807) is 6.92 Å². The van der Waals surface area contributed by atoms with Crippen molar-refractivity contribution in [2.24, 2.45) is 0 Å². The van der Waals surface area contributed by atoms with E-state index in [-0.39, 0.29) is 11.2 Å². The lowest BCUT2D eigenvalue weighted by Crippen LogP contribution is -2.52. The van der Waals surface area contributed by atoms with Gasteiger partial charge in [-0.3, -0.25) is 4.79 Å². The van der Waals surface area contributed by atoms with Crippen LogP contribution in [0.1, 0.15) is 19.4 Å². The third-order valence-electron chi connectivity index (χ3n) is 3.09. The van der Waals surface area contributed by atoms with E-state index in [4.69, 9.17) is 4.74 Å². The zero-order chi connectivity index (χ0) is 11.6. The third-order valence-corrected chi connectivity index (χ3v) is 3.98. The van der Waals surface area contributed by atoms with Crippen LogP contribution in [-0.2, 0) is 14.9 Å². The Bertz CT molecular complexity index is 379. The van der Waals surface area contributed by atoms with Crippen molar-refractivity contribution in [2.45, 2.75) is 24.2 Å². The standard InChI is InChI=1S/C13H16O2S/c1-3-16-12-6-4-11(5-7-12)13(10(2)14)8-15-9-13/h4-7H,3,8-9H2,1-2H3. The Balaban J connectivity index is 2.23. The lowest BCUT2D eigenvalue weighted by atomic mass is 9.75. The number of carbonyl (C=O) groups excluding carboxylic acids is 1. The Morgan fingerprint density at radius 2 is 2.00 bits per heavy atom. The molecule has 0 N–H and O–H groups in total. The van der Waals surface area contributed by atoms with Crippen LogP contribution in [0.3, 0.4) is 0 Å². The van der Waals surface area contributed by atoms with Crippen LogP contribution in [0.15, 0.2) is 29.2 Å². The smallest absolute Gasteiger partial charge is 0.145 e. The van der Waals surface area contributed by atoms with Crippen molar-refractivity contribution in [2.75, 3.05) is 19.0 Å². The zero-order valence-corrected chi connectivity index (χ0v) is 10.5. The molecule has 2 nitrogen and oxygen atoms in total. The van der Waals surface area contributed by atoms with E-state index >= 15 is 0 Å². The molecule has 1 aliphatic heterocycles. The minimum Gasteiger partial charge on any atom is -0.378 e. The molecule has 3 heteroatoms. The fraction of sp³-hybridized carbons (Fsp3) is 0.462. The number of thioether (sulfide) groups is 1. The fourth-order valence-electron chi connectivity index (χ4n) is 1.92. The van der Waals surface area contributed by atoms with Crippen molar-refractivity contribution in [3.63, 3.8) is 0 Å². The van der Waals surface area contributed by atoms with Crippen molar-refractivity contribution < 1.29 is 9.53 Å². The largest absolute Gasteiger partial charge is 0.378 e. The molecule has 1 heterocycles. The molecule has 0 amide bonds. The average molecular weight is 236 g/mol. The van der Waals surface area contributed by atoms with E-state index in [1.807, 2.05) is 11.8 Å². The van der Waals surface area contributed by atoms with Crippen molar-refractivity contribution in [3.05, 3.63) is 29.8 Å².